The fourth-order valence-corrected chi connectivity index (χ4v) is 3.72. The number of rotatable bonds is 3. The second-order valence-electron chi connectivity index (χ2n) is 5.06. The third-order valence-electron chi connectivity index (χ3n) is 3.57. The van der Waals surface area contributed by atoms with Crippen molar-refractivity contribution in [3.8, 4) is 6.07 Å². The first-order valence-electron chi connectivity index (χ1n) is 6.51. The summed E-state index contributed by atoms with van der Waals surface area (Å²) in [7, 11) is -3.52. The summed E-state index contributed by atoms with van der Waals surface area (Å²) >= 11 is 0. The zero-order valence-corrected chi connectivity index (χ0v) is 11.8. The van der Waals surface area contributed by atoms with Crippen LogP contribution in [0.25, 0.3) is 0 Å². The molecule has 1 fully saturated rings. The summed E-state index contributed by atoms with van der Waals surface area (Å²) in [6.07, 6.45) is 3.49. The average Bonchev–Trinajstić information content (AvgIpc) is 2.39. The summed E-state index contributed by atoms with van der Waals surface area (Å²) in [4.78, 5) is 0.264. The highest BCUT2D eigenvalue weighted by Gasteiger charge is 2.29. The number of hydrogen-bond acceptors (Lipinski definition) is 3. The van der Waals surface area contributed by atoms with Gasteiger partial charge in [-0.15, -0.1) is 0 Å². The van der Waals surface area contributed by atoms with Crippen molar-refractivity contribution in [2.24, 2.45) is 5.92 Å². The first kappa shape index (κ1) is 14.0. The standard InChI is InChI=1S/C14H18N2O2S/c1-11-6-8-13(9-7-11)19(17,18)16-14-5-3-2-4-12(14)10-15/h6-9,12,14,16H,2-5H2,1H3/t12-,14+/m1/s1. The minimum atomic E-state index is -3.52. The molecule has 5 heteroatoms. The van der Waals surface area contributed by atoms with E-state index < -0.39 is 10.0 Å². The highest BCUT2D eigenvalue weighted by molar-refractivity contribution is 7.89. The maximum Gasteiger partial charge on any atom is 0.240 e. The van der Waals surface area contributed by atoms with Crippen LogP contribution in [-0.2, 0) is 10.0 Å². The monoisotopic (exact) mass is 278 g/mol. The molecule has 0 heterocycles. The molecule has 0 amide bonds. The molecule has 1 aliphatic carbocycles. The van der Waals surface area contributed by atoms with Crippen molar-refractivity contribution in [1.82, 2.24) is 4.72 Å². The molecule has 0 spiro atoms. The van der Waals surface area contributed by atoms with E-state index in [0.29, 0.717) is 0 Å². The summed E-state index contributed by atoms with van der Waals surface area (Å²) < 4.78 is 27.2. The fraction of sp³-hybridized carbons (Fsp3) is 0.500. The second kappa shape index (κ2) is 5.72. The third kappa shape index (κ3) is 3.34. The molecule has 1 N–H and O–H groups in total. The fourth-order valence-electron chi connectivity index (χ4n) is 2.41. The van der Waals surface area contributed by atoms with Crippen LogP contribution >= 0.6 is 0 Å². The molecule has 0 bridgehead atoms. The number of hydrogen-bond donors (Lipinski definition) is 1. The van der Waals surface area contributed by atoms with Gasteiger partial charge in [0.15, 0.2) is 0 Å². The molecule has 0 saturated heterocycles. The number of aryl methyl sites for hydroxylation is 1. The van der Waals surface area contributed by atoms with E-state index in [1.807, 2.05) is 6.92 Å². The molecule has 2 atom stereocenters. The molecule has 102 valence electrons. The maximum atomic E-state index is 12.3. The number of nitrogens with zero attached hydrogens (tertiary/aromatic N) is 1. The largest absolute Gasteiger partial charge is 0.240 e. The van der Waals surface area contributed by atoms with Gasteiger partial charge < -0.3 is 0 Å². The molecule has 2 rings (SSSR count). The normalized spacial score (nSPS) is 23.8. The van der Waals surface area contributed by atoms with Crippen molar-refractivity contribution >= 4 is 10.0 Å². The van der Waals surface area contributed by atoms with Crippen LogP contribution < -0.4 is 4.72 Å². The Balaban J connectivity index is 2.17. The van der Waals surface area contributed by atoms with Gasteiger partial charge in [-0.05, 0) is 31.9 Å². The van der Waals surface area contributed by atoms with Gasteiger partial charge in [-0.2, -0.15) is 5.26 Å². The lowest BCUT2D eigenvalue weighted by Crippen LogP contribution is -2.41. The molecular formula is C14H18N2O2S. The lowest BCUT2D eigenvalue weighted by molar-refractivity contribution is 0.346. The molecular weight excluding hydrogens is 260 g/mol. The highest BCUT2D eigenvalue weighted by atomic mass is 32.2. The average molecular weight is 278 g/mol. The third-order valence-corrected chi connectivity index (χ3v) is 5.08. The predicted octanol–water partition coefficient (Wildman–Crippen LogP) is 2.36. The van der Waals surface area contributed by atoms with Gasteiger partial charge in [-0.3, -0.25) is 0 Å². The minimum absolute atomic E-state index is 0.214. The van der Waals surface area contributed by atoms with Gasteiger partial charge >= 0.3 is 0 Å². The highest BCUT2D eigenvalue weighted by Crippen LogP contribution is 2.25. The van der Waals surface area contributed by atoms with Crippen LogP contribution in [0.5, 0.6) is 0 Å². The van der Waals surface area contributed by atoms with Gasteiger partial charge in [0.05, 0.1) is 16.9 Å². The Labute approximate surface area is 114 Å². The summed E-state index contributed by atoms with van der Waals surface area (Å²) in [6, 6.07) is 8.70. The van der Waals surface area contributed by atoms with Crippen molar-refractivity contribution in [2.45, 2.75) is 43.5 Å². The van der Waals surface area contributed by atoms with Gasteiger partial charge in [-0.25, -0.2) is 13.1 Å². The van der Waals surface area contributed by atoms with Crippen LogP contribution in [0.1, 0.15) is 31.2 Å². The van der Waals surface area contributed by atoms with E-state index in [2.05, 4.69) is 10.8 Å². The van der Waals surface area contributed by atoms with Crippen LogP contribution in [0.2, 0.25) is 0 Å². The van der Waals surface area contributed by atoms with Crippen molar-refractivity contribution in [2.75, 3.05) is 0 Å². The van der Waals surface area contributed by atoms with Crippen LogP contribution in [0.15, 0.2) is 29.2 Å². The van der Waals surface area contributed by atoms with Gasteiger partial charge in [-0.1, -0.05) is 30.5 Å². The van der Waals surface area contributed by atoms with E-state index in [9.17, 15) is 8.42 Å². The van der Waals surface area contributed by atoms with E-state index in [4.69, 9.17) is 5.26 Å². The Bertz CT molecular complexity index is 572. The number of nitrogens with one attached hydrogen (secondary N) is 1. The summed E-state index contributed by atoms with van der Waals surface area (Å²) in [5, 5.41) is 9.08. The number of nitriles is 1. The molecule has 1 aliphatic rings. The van der Waals surface area contributed by atoms with E-state index in [1.165, 1.54) is 0 Å². The summed E-state index contributed by atoms with van der Waals surface area (Å²) in [6.45, 7) is 1.91. The molecule has 0 aromatic heterocycles. The van der Waals surface area contributed by atoms with E-state index in [0.717, 1.165) is 31.2 Å². The van der Waals surface area contributed by atoms with Gasteiger partial charge in [0.2, 0.25) is 10.0 Å². The first-order chi connectivity index (χ1) is 9.03. The van der Waals surface area contributed by atoms with Gasteiger partial charge in [0.1, 0.15) is 0 Å². The zero-order valence-electron chi connectivity index (χ0n) is 11.0. The Morgan fingerprint density at radius 1 is 1.21 bits per heavy atom. The van der Waals surface area contributed by atoms with Crippen molar-refractivity contribution in [3.05, 3.63) is 29.8 Å². The SMILES string of the molecule is Cc1ccc(S(=O)(=O)N[C@H]2CCCC[C@@H]2C#N)cc1. The number of benzene rings is 1. The van der Waals surface area contributed by atoms with Gasteiger partial charge in [0, 0.05) is 6.04 Å². The molecule has 0 aliphatic heterocycles. The Kier molecular flexibility index (Phi) is 4.23. The molecule has 1 aromatic rings. The van der Waals surface area contributed by atoms with Crippen LogP contribution in [0.4, 0.5) is 0 Å². The first-order valence-corrected chi connectivity index (χ1v) is 8.00. The van der Waals surface area contributed by atoms with Crippen LogP contribution in [0, 0.1) is 24.2 Å². The van der Waals surface area contributed by atoms with Crippen LogP contribution in [0.3, 0.4) is 0 Å². The topological polar surface area (TPSA) is 70.0 Å². The minimum Gasteiger partial charge on any atom is -0.207 e. The Morgan fingerprint density at radius 2 is 1.84 bits per heavy atom. The quantitative estimate of drug-likeness (QED) is 0.922. The molecule has 0 unspecified atom stereocenters. The number of sulfonamides is 1. The Morgan fingerprint density at radius 3 is 2.47 bits per heavy atom. The molecule has 19 heavy (non-hydrogen) atoms. The maximum absolute atomic E-state index is 12.3. The lowest BCUT2D eigenvalue weighted by Gasteiger charge is -2.27. The van der Waals surface area contributed by atoms with E-state index in [1.54, 1.807) is 24.3 Å². The Hall–Kier alpha value is -1.38. The summed E-state index contributed by atoms with van der Waals surface area (Å²) in [5.74, 6) is -0.214. The summed E-state index contributed by atoms with van der Waals surface area (Å²) in [5.41, 5.74) is 1.02. The van der Waals surface area contributed by atoms with Crippen molar-refractivity contribution in [3.63, 3.8) is 0 Å². The smallest absolute Gasteiger partial charge is 0.207 e. The van der Waals surface area contributed by atoms with E-state index in [-0.39, 0.29) is 16.9 Å². The van der Waals surface area contributed by atoms with Crippen LogP contribution in [-0.4, -0.2) is 14.5 Å². The molecule has 0 radical (unpaired) electrons. The molecule has 4 nitrogen and oxygen atoms in total. The van der Waals surface area contributed by atoms with E-state index >= 15 is 0 Å². The predicted molar refractivity (Wildman–Crippen MR) is 72.9 cm³/mol. The molecule has 1 saturated carbocycles. The second-order valence-corrected chi connectivity index (χ2v) is 6.77. The lowest BCUT2D eigenvalue weighted by atomic mass is 9.86. The van der Waals surface area contributed by atoms with Crippen molar-refractivity contribution < 1.29 is 8.42 Å². The van der Waals surface area contributed by atoms with Gasteiger partial charge in [0.25, 0.3) is 0 Å². The van der Waals surface area contributed by atoms with Crippen molar-refractivity contribution in [1.29, 1.82) is 5.26 Å². The molecule has 1 aromatic carbocycles. The zero-order chi connectivity index (χ0) is 13.9.